The number of aryl methyl sites for hydroxylation is 1. The van der Waals surface area contributed by atoms with E-state index in [1.54, 1.807) is 71.0 Å². The van der Waals surface area contributed by atoms with E-state index in [0.717, 1.165) is 6.26 Å². The number of esters is 2. The summed E-state index contributed by atoms with van der Waals surface area (Å²) in [5.41, 5.74) is -1.33. The highest BCUT2D eigenvalue weighted by Crippen LogP contribution is 2.49. The van der Waals surface area contributed by atoms with Crippen LogP contribution in [0.1, 0.15) is 101 Å². The maximum absolute atomic E-state index is 15.3. The SMILES string of the molecule is COc1ccc(NC2=C3NC(=O)C(C)=CC=C[C@H](C)[C@H](O)[C@@H](C)[C@H](O)[C@H](C)[C@H](OC(C)=O)[C@H](C)[C@@H](OC)C=CO[C@@]4(C)Oc5c(C)c(OC(=O)c6ccc(C)c(Cl)c6)c(c(c5C4=O)C2=O)C3=O)cc1. The maximum Gasteiger partial charge on any atom is 0.343 e. The lowest BCUT2D eigenvalue weighted by Crippen LogP contribution is -2.46. The van der Waals surface area contributed by atoms with Crippen molar-refractivity contribution >= 4 is 52.5 Å². The number of fused-ring (bicyclic) bond motifs is 14. The molecule has 4 aliphatic rings. The molecular formula is C52H57ClN2O14. The van der Waals surface area contributed by atoms with Gasteiger partial charge < -0.3 is 49.3 Å². The number of ether oxygens (including phenoxy) is 6. The number of hydrogen-bond donors (Lipinski definition) is 4. The number of rotatable bonds is 7. The first-order valence-electron chi connectivity index (χ1n) is 22.3. The molecule has 1 amide bonds. The summed E-state index contributed by atoms with van der Waals surface area (Å²) >= 11 is 6.38. The number of allylic oxidation sites excluding steroid dienone is 4. The van der Waals surface area contributed by atoms with E-state index < -0.39 is 117 Å². The molecule has 9 atom stereocenters. The number of methoxy groups -OCH3 is 2. The van der Waals surface area contributed by atoms with Gasteiger partial charge in [-0.3, -0.25) is 24.0 Å². The molecule has 3 heterocycles. The summed E-state index contributed by atoms with van der Waals surface area (Å²) in [5.74, 6) is -10.3. The highest BCUT2D eigenvalue weighted by atomic mass is 35.5. The van der Waals surface area contributed by atoms with Crippen molar-refractivity contribution in [1.82, 2.24) is 5.32 Å². The molecule has 4 N–H and O–H groups in total. The molecule has 0 aromatic heterocycles. The van der Waals surface area contributed by atoms with E-state index in [-0.39, 0.29) is 38.7 Å². The molecule has 0 fully saturated rings. The van der Waals surface area contributed by atoms with E-state index in [9.17, 15) is 29.4 Å². The molecule has 7 rings (SSSR count). The fourth-order valence-electron chi connectivity index (χ4n) is 8.62. The Hall–Kier alpha value is -6.59. The summed E-state index contributed by atoms with van der Waals surface area (Å²) in [4.78, 5) is 85.9. The Labute approximate surface area is 405 Å². The fraction of sp³-hybridized carbons (Fsp3) is 0.385. The number of Topliss-reactive ketones (excluding diaryl/α,β-unsaturated/α-hetero) is 3. The average molecular weight is 969 g/mol. The number of amides is 1. The number of anilines is 1. The summed E-state index contributed by atoms with van der Waals surface area (Å²) in [6.45, 7) is 14.0. The lowest BCUT2D eigenvalue weighted by molar-refractivity contribution is -0.160. The second kappa shape index (κ2) is 21.0. The van der Waals surface area contributed by atoms with Crippen molar-refractivity contribution < 1.29 is 67.4 Å². The van der Waals surface area contributed by atoms with Gasteiger partial charge in [0.15, 0.2) is 0 Å². The van der Waals surface area contributed by atoms with Crippen LogP contribution in [0.5, 0.6) is 17.2 Å². The molecule has 1 aliphatic carbocycles. The Morgan fingerprint density at radius 2 is 1.54 bits per heavy atom. The Bertz CT molecular complexity index is 2700. The Balaban J connectivity index is 1.58. The van der Waals surface area contributed by atoms with Gasteiger partial charge in [-0.1, -0.05) is 63.6 Å². The van der Waals surface area contributed by atoms with Crippen molar-refractivity contribution in [1.29, 1.82) is 0 Å². The lowest BCUT2D eigenvalue weighted by atomic mass is 9.78. The average Bonchev–Trinajstić information content (AvgIpc) is 3.59. The molecule has 16 nitrogen and oxygen atoms in total. The second-order valence-electron chi connectivity index (χ2n) is 17.7. The molecule has 3 aromatic carbocycles. The second-order valence-corrected chi connectivity index (χ2v) is 18.1. The Morgan fingerprint density at radius 1 is 0.855 bits per heavy atom. The standard InChI is InChI=1S/C52H57ClN2O14/c1-24-15-16-32(23-35(24)53)51(63)68-47-30(7)48-39-37-38(47)45(60)41(40(44(37)59)54-33-17-19-34(64-10)20-18-33)55-50(62)26(3)14-12-13-25(2)42(57)28(5)43(58)29(6)46(67-31(8)56)27(4)36(65-11)21-22-66-52(9,69-48)49(39)61/h12-23,25,27-29,36,42-43,46,54,57-58H,1-11H3,(H,55,62)/t25-,27+,28+,29-,36-,42-,43-,46+,52-/m0/s1. The van der Waals surface area contributed by atoms with Crippen LogP contribution in [-0.4, -0.2) is 89.8 Å². The number of benzene rings is 3. The van der Waals surface area contributed by atoms with E-state index in [0.29, 0.717) is 11.3 Å². The van der Waals surface area contributed by atoms with Crippen molar-refractivity contribution in [2.24, 2.45) is 23.7 Å². The van der Waals surface area contributed by atoms with Crippen LogP contribution in [0.15, 0.2) is 90.0 Å². The molecular weight excluding hydrogens is 912 g/mol. The van der Waals surface area contributed by atoms with Gasteiger partial charge in [0.2, 0.25) is 11.6 Å². The topological polar surface area (TPSA) is 222 Å². The van der Waals surface area contributed by atoms with Crippen LogP contribution in [0.2, 0.25) is 5.02 Å². The monoisotopic (exact) mass is 968 g/mol. The third-order valence-electron chi connectivity index (χ3n) is 12.9. The van der Waals surface area contributed by atoms with Crippen LogP contribution in [-0.2, 0) is 23.8 Å². The zero-order valence-corrected chi connectivity index (χ0v) is 41.0. The highest BCUT2D eigenvalue weighted by Gasteiger charge is 2.53. The van der Waals surface area contributed by atoms with Crippen LogP contribution in [0.25, 0.3) is 0 Å². The number of nitrogens with one attached hydrogen (secondary N) is 2. The van der Waals surface area contributed by atoms with Crippen molar-refractivity contribution in [2.45, 2.75) is 92.5 Å². The van der Waals surface area contributed by atoms with Gasteiger partial charge in [0.25, 0.3) is 11.7 Å². The minimum atomic E-state index is -2.21. The fourth-order valence-corrected chi connectivity index (χ4v) is 8.80. The molecule has 0 spiro atoms. The van der Waals surface area contributed by atoms with Gasteiger partial charge in [-0.15, -0.1) is 0 Å². The van der Waals surface area contributed by atoms with Gasteiger partial charge in [-0.2, -0.15) is 0 Å². The molecule has 0 radical (unpaired) electrons. The molecule has 3 aliphatic heterocycles. The number of carbonyl (C=O) groups is 6. The first-order valence-corrected chi connectivity index (χ1v) is 22.7. The molecule has 0 unspecified atom stereocenters. The predicted octanol–water partition coefficient (Wildman–Crippen LogP) is 7.55. The molecule has 0 saturated carbocycles. The third kappa shape index (κ3) is 10.4. The van der Waals surface area contributed by atoms with Crippen LogP contribution in [0.3, 0.4) is 0 Å². The van der Waals surface area contributed by atoms with Gasteiger partial charge in [-0.25, -0.2) is 4.79 Å². The van der Waals surface area contributed by atoms with Crippen molar-refractivity contribution in [2.75, 3.05) is 19.5 Å². The molecule has 3 aromatic rings. The van der Waals surface area contributed by atoms with Gasteiger partial charge in [0, 0.05) is 66.5 Å². The first-order chi connectivity index (χ1) is 32.5. The van der Waals surface area contributed by atoms with E-state index in [2.05, 4.69) is 10.6 Å². The Kier molecular flexibility index (Phi) is 15.7. The Morgan fingerprint density at radius 3 is 2.16 bits per heavy atom. The number of aliphatic hydroxyl groups is 2. The zero-order chi connectivity index (χ0) is 50.8. The number of aliphatic hydroxyl groups excluding tert-OH is 2. The minimum absolute atomic E-state index is 0.00249. The summed E-state index contributed by atoms with van der Waals surface area (Å²) < 4.78 is 35.2. The summed E-state index contributed by atoms with van der Waals surface area (Å²) in [6.07, 6.45) is 3.08. The van der Waals surface area contributed by atoms with Gasteiger partial charge in [-0.05, 0) is 68.8 Å². The number of ketones is 3. The number of carbonyl (C=O) groups excluding carboxylic acids is 6. The summed E-state index contributed by atoms with van der Waals surface area (Å²) in [5, 5.41) is 28.9. The van der Waals surface area contributed by atoms with Crippen LogP contribution < -0.4 is 24.8 Å². The quantitative estimate of drug-likeness (QED) is 0.133. The largest absolute Gasteiger partial charge is 0.497 e. The van der Waals surface area contributed by atoms with Crippen LogP contribution >= 0.6 is 11.6 Å². The molecule has 5 bridgehead atoms. The van der Waals surface area contributed by atoms with Crippen molar-refractivity contribution in [3.63, 3.8) is 0 Å². The smallest absolute Gasteiger partial charge is 0.343 e. The normalized spacial score (nSPS) is 26.4. The zero-order valence-electron chi connectivity index (χ0n) is 40.2. The molecule has 366 valence electrons. The number of halogens is 1. The van der Waals surface area contributed by atoms with Gasteiger partial charge in [0.1, 0.15) is 34.7 Å². The van der Waals surface area contributed by atoms with Gasteiger partial charge in [0.05, 0.1) is 53.9 Å². The minimum Gasteiger partial charge on any atom is -0.497 e. The maximum atomic E-state index is 15.3. The van der Waals surface area contributed by atoms with E-state index in [1.165, 1.54) is 72.3 Å². The van der Waals surface area contributed by atoms with E-state index in [4.69, 9.17) is 40.0 Å². The molecule has 0 saturated heterocycles. The molecule has 17 heteroatoms. The third-order valence-corrected chi connectivity index (χ3v) is 13.3. The van der Waals surface area contributed by atoms with E-state index >= 15 is 9.59 Å². The first kappa shape index (κ1) is 51.8. The number of hydrogen-bond acceptors (Lipinski definition) is 15. The van der Waals surface area contributed by atoms with E-state index in [1.807, 2.05) is 0 Å². The summed E-state index contributed by atoms with van der Waals surface area (Å²) in [6, 6.07) is 10.8. The lowest BCUT2D eigenvalue weighted by Gasteiger charge is -2.38. The van der Waals surface area contributed by atoms with Crippen LogP contribution in [0.4, 0.5) is 5.69 Å². The van der Waals surface area contributed by atoms with Crippen molar-refractivity contribution in [3.8, 4) is 17.2 Å². The molecule has 69 heavy (non-hydrogen) atoms. The van der Waals surface area contributed by atoms with Crippen LogP contribution in [0, 0.1) is 37.5 Å². The van der Waals surface area contributed by atoms with Gasteiger partial charge >= 0.3 is 17.7 Å². The predicted molar refractivity (Wildman–Crippen MR) is 254 cm³/mol. The highest BCUT2D eigenvalue weighted by molar-refractivity contribution is 6.34. The van der Waals surface area contributed by atoms with Crippen molar-refractivity contribution in [3.05, 3.63) is 128 Å². The summed E-state index contributed by atoms with van der Waals surface area (Å²) in [7, 11) is 2.88.